The molecule has 1 aromatic heterocycles. The molecule has 1 amide bonds. The summed E-state index contributed by atoms with van der Waals surface area (Å²) in [5.41, 5.74) is 2.58. The maximum Gasteiger partial charge on any atom is 0.276 e. The molecule has 0 aliphatic carbocycles. The van der Waals surface area contributed by atoms with E-state index in [1.807, 2.05) is 24.0 Å². The zero-order valence-corrected chi connectivity index (χ0v) is 16.5. The van der Waals surface area contributed by atoms with E-state index in [2.05, 4.69) is 52.1 Å². The molecule has 1 fully saturated rings. The summed E-state index contributed by atoms with van der Waals surface area (Å²) in [5.74, 6) is 1.12. The highest BCUT2D eigenvalue weighted by molar-refractivity contribution is 9.10. The van der Waals surface area contributed by atoms with Crippen molar-refractivity contribution in [3.05, 3.63) is 45.7 Å². The fourth-order valence-corrected chi connectivity index (χ4v) is 4.12. The molecule has 1 N–H and O–H groups in total. The number of rotatable bonds is 5. The van der Waals surface area contributed by atoms with Crippen LogP contribution in [0.1, 0.15) is 67.3 Å². The molecule has 25 heavy (non-hydrogen) atoms. The van der Waals surface area contributed by atoms with Gasteiger partial charge in [0.15, 0.2) is 5.69 Å². The van der Waals surface area contributed by atoms with Crippen molar-refractivity contribution in [3.63, 3.8) is 0 Å². The molecule has 1 aromatic carbocycles. The van der Waals surface area contributed by atoms with Crippen molar-refractivity contribution >= 4 is 21.8 Å². The van der Waals surface area contributed by atoms with E-state index >= 15 is 0 Å². The van der Waals surface area contributed by atoms with Crippen LogP contribution in [0.5, 0.6) is 5.75 Å². The van der Waals surface area contributed by atoms with E-state index in [0.717, 1.165) is 40.9 Å². The first-order valence-corrected chi connectivity index (χ1v) is 9.59. The van der Waals surface area contributed by atoms with Crippen LogP contribution in [-0.2, 0) is 0 Å². The van der Waals surface area contributed by atoms with Gasteiger partial charge in [0.25, 0.3) is 5.91 Å². The molecule has 5 nitrogen and oxygen atoms in total. The van der Waals surface area contributed by atoms with Crippen LogP contribution < -0.4 is 4.74 Å². The Hall–Kier alpha value is -1.82. The predicted octanol–water partition coefficient (Wildman–Crippen LogP) is 4.67. The molecule has 6 heteroatoms. The summed E-state index contributed by atoms with van der Waals surface area (Å²) in [5, 5.41) is 7.26. The average Bonchev–Trinajstić information content (AvgIpc) is 3.22. The van der Waals surface area contributed by atoms with Crippen molar-refractivity contribution in [1.29, 1.82) is 0 Å². The predicted molar refractivity (Wildman–Crippen MR) is 101 cm³/mol. The number of nitrogens with one attached hydrogen (secondary N) is 1. The van der Waals surface area contributed by atoms with Crippen molar-refractivity contribution in [2.45, 2.75) is 45.6 Å². The van der Waals surface area contributed by atoms with Crippen molar-refractivity contribution in [2.24, 2.45) is 0 Å². The van der Waals surface area contributed by atoms with Gasteiger partial charge in [0.1, 0.15) is 5.75 Å². The summed E-state index contributed by atoms with van der Waals surface area (Å²) >= 11 is 3.54. The molecule has 1 aliphatic heterocycles. The van der Waals surface area contributed by atoms with E-state index in [1.165, 1.54) is 0 Å². The van der Waals surface area contributed by atoms with E-state index in [9.17, 15) is 4.79 Å². The number of hydrogen-bond donors (Lipinski definition) is 1. The van der Waals surface area contributed by atoms with Gasteiger partial charge in [-0.2, -0.15) is 5.10 Å². The number of likely N-dealkylation sites (tertiary alicyclic amines) is 1. The smallest absolute Gasteiger partial charge is 0.276 e. The highest BCUT2D eigenvalue weighted by Crippen LogP contribution is 2.35. The Balaban J connectivity index is 1.82. The highest BCUT2D eigenvalue weighted by atomic mass is 79.9. The number of benzene rings is 1. The van der Waals surface area contributed by atoms with E-state index in [0.29, 0.717) is 12.3 Å². The van der Waals surface area contributed by atoms with E-state index in [4.69, 9.17) is 4.74 Å². The average molecular weight is 406 g/mol. The molecule has 0 spiro atoms. The van der Waals surface area contributed by atoms with Gasteiger partial charge in [0.2, 0.25) is 0 Å². The Bertz CT molecular complexity index is 740. The Morgan fingerprint density at radius 2 is 2.12 bits per heavy atom. The van der Waals surface area contributed by atoms with Crippen LogP contribution in [0.2, 0.25) is 0 Å². The molecule has 1 saturated heterocycles. The number of hydrogen-bond acceptors (Lipinski definition) is 3. The fraction of sp³-hybridized carbons (Fsp3) is 0.474. The van der Waals surface area contributed by atoms with Gasteiger partial charge >= 0.3 is 0 Å². The number of halogens is 1. The van der Waals surface area contributed by atoms with Crippen molar-refractivity contribution in [1.82, 2.24) is 15.1 Å². The SMILES string of the molecule is CCOc1ccc(C2CCCN2C(=O)c2n[nH]c(C(C)C)c2Br)cc1. The Morgan fingerprint density at radius 3 is 2.72 bits per heavy atom. The number of carbonyl (C=O) groups excluding carboxylic acids is 1. The van der Waals surface area contributed by atoms with Crippen LogP contribution in [0.25, 0.3) is 0 Å². The first-order valence-electron chi connectivity index (χ1n) is 8.80. The largest absolute Gasteiger partial charge is 0.494 e. The summed E-state index contributed by atoms with van der Waals surface area (Å²) < 4.78 is 6.29. The maximum atomic E-state index is 13.0. The lowest BCUT2D eigenvalue weighted by molar-refractivity contribution is 0.0728. The number of H-pyrrole nitrogens is 1. The molecule has 2 heterocycles. The number of aromatic nitrogens is 2. The normalized spacial score (nSPS) is 17.3. The highest BCUT2D eigenvalue weighted by Gasteiger charge is 2.33. The van der Waals surface area contributed by atoms with Gasteiger partial charge in [-0.05, 0) is 59.3 Å². The number of carbonyl (C=O) groups is 1. The number of ether oxygens (including phenoxy) is 1. The van der Waals surface area contributed by atoms with Crippen LogP contribution in [0.3, 0.4) is 0 Å². The second-order valence-electron chi connectivity index (χ2n) is 6.61. The minimum absolute atomic E-state index is 0.0218. The van der Waals surface area contributed by atoms with E-state index in [-0.39, 0.29) is 17.9 Å². The quantitative estimate of drug-likeness (QED) is 0.785. The lowest BCUT2D eigenvalue weighted by atomic mass is 10.0. The molecule has 1 atom stereocenters. The Labute approximate surface area is 156 Å². The van der Waals surface area contributed by atoms with Crippen LogP contribution >= 0.6 is 15.9 Å². The molecule has 3 rings (SSSR count). The first-order chi connectivity index (χ1) is 12.0. The summed E-state index contributed by atoms with van der Waals surface area (Å²) in [7, 11) is 0. The Kier molecular flexibility index (Phi) is 5.47. The lowest BCUT2D eigenvalue weighted by Gasteiger charge is -2.24. The zero-order chi connectivity index (χ0) is 18.0. The minimum Gasteiger partial charge on any atom is -0.494 e. The van der Waals surface area contributed by atoms with Crippen molar-refractivity contribution < 1.29 is 9.53 Å². The molecule has 0 radical (unpaired) electrons. The van der Waals surface area contributed by atoms with Gasteiger partial charge in [-0.25, -0.2) is 0 Å². The van der Waals surface area contributed by atoms with Crippen LogP contribution in [0, 0.1) is 0 Å². The monoisotopic (exact) mass is 405 g/mol. The molecular formula is C19H24BrN3O2. The maximum absolute atomic E-state index is 13.0. The van der Waals surface area contributed by atoms with Gasteiger partial charge in [0.05, 0.1) is 22.8 Å². The van der Waals surface area contributed by atoms with E-state index < -0.39 is 0 Å². The number of nitrogens with zero attached hydrogens (tertiary/aromatic N) is 2. The second-order valence-corrected chi connectivity index (χ2v) is 7.41. The van der Waals surface area contributed by atoms with E-state index in [1.54, 1.807) is 0 Å². The zero-order valence-electron chi connectivity index (χ0n) is 14.9. The van der Waals surface area contributed by atoms with Gasteiger partial charge < -0.3 is 9.64 Å². The first kappa shape index (κ1) is 18.0. The molecular weight excluding hydrogens is 382 g/mol. The summed E-state index contributed by atoms with van der Waals surface area (Å²) in [6.45, 7) is 7.53. The van der Waals surface area contributed by atoms with Gasteiger partial charge in [-0.15, -0.1) is 0 Å². The Morgan fingerprint density at radius 1 is 1.40 bits per heavy atom. The van der Waals surface area contributed by atoms with Crippen molar-refractivity contribution in [2.75, 3.05) is 13.2 Å². The third kappa shape index (κ3) is 3.59. The topological polar surface area (TPSA) is 58.2 Å². The summed E-state index contributed by atoms with van der Waals surface area (Å²) in [6.07, 6.45) is 1.97. The number of aromatic amines is 1. The van der Waals surface area contributed by atoms with Crippen LogP contribution in [-0.4, -0.2) is 34.2 Å². The van der Waals surface area contributed by atoms with Crippen molar-refractivity contribution in [3.8, 4) is 5.75 Å². The summed E-state index contributed by atoms with van der Waals surface area (Å²) in [4.78, 5) is 15.0. The molecule has 1 unspecified atom stereocenters. The lowest BCUT2D eigenvalue weighted by Crippen LogP contribution is -2.31. The fourth-order valence-electron chi connectivity index (χ4n) is 3.31. The van der Waals surface area contributed by atoms with Crippen LogP contribution in [0.15, 0.2) is 28.7 Å². The summed E-state index contributed by atoms with van der Waals surface area (Å²) in [6, 6.07) is 8.15. The molecule has 0 saturated carbocycles. The standard InChI is InChI=1S/C19H24BrN3O2/c1-4-25-14-9-7-13(8-10-14)15-6-5-11-23(15)19(24)18-16(20)17(12(2)3)21-22-18/h7-10,12,15H,4-6,11H2,1-3H3,(H,21,22). The molecule has 1 aliphatic rings. The molecule has 0 bridgehead atoms. The van der Waals surface area contributed by atoms with Gasteiger partial charge in [0, 0.05) is 6.54 Å². The van der Waals surface area contributed by atoms with Gasteiger partial charge in [-0.1, -0.05) is 26.0 Å². The third-order valence-corrected chi connectivity index (χ3v) is 5.40. The van der Waals surface area contributed by atoms with Gasteiger partial charge in [-0.3, -0.25) is 9.89 Å². The second kappa shape index (κ2) is 7.60. The molecule has 2 aromatic rings. The number of amides is 1. The van der Waals surface area contributed by atoms with Crippen LogP contribution in [0.4, 0.5) is 0 Å². The minimum atomic E-state index is -0.0218. The third-order valence-electron chi connectivity index (χ3n) is 4.60. The molecule has 134 valence electrons.